The van der Waals surface area contributed by atoms with E-state index in [0.717, 1.165) is 12.8 Å². The Morgan fingerprint density at radius 2 is 1.69 bits per heavy atom. The molecule has 1 atom stereocenters. The van der Waals surface area contributed by atoms with Gasteiger partial charge in [-0.1, -0.05) is 19.3 Å². The van der Waals surface area contributed by atoms with Crippen molar-refractivity contribution in [1.29, 1.82) is 0 Å². The lowest BCUT2D eigenvalue weighted by atomic mass is 9.89. The van der Waals surface area contributed by atoms with Gasteiger partial charge in [-0.2, -0.15) is 0 Å². The smallest absolute Gasteiger partial charge is 0.331 e. The van der Waals surface area contributed by atoms with Crippen LogP contribution in [-0.4, -0.2) is 45.9 Å². The molecule has 0 bridgehead atoms. The second-order valence-electron chi connectivity index (χ2n) is 7.12. The molecule has 1 aromatic rings. The predicted octanol–water partition coefficient (Wildman–Crippen LogP) is 3.35. The number of benzene rings is 1. The zero-order valence-corrected chi connectivity index (χ0v) is 17.7. The maximum atomic E-state index is 12.2. The molecule has 0 heterocycles. The Kier molecular flexibility index (Phi) is 8.83. The molecule has 0 aliphatic heterocycles. The number of hydrogen-bond donors (Lipinski definition) is 1. The van der Waals surface area contributed by atoms with Crippen LogP contribution in [0, 0.1) is 5.92 Å². The van der Waals surface area contributed by atoms with E-state index in [1.807, 2.05) is 0 Å². The third-order valence-corrected chi connectivity index (χ3v) is 5.05. The van der Waals surface area contributed by atoms with Crippen molar-refractivity contribution >= 4 is 18.0 Å². The van der Waals surface area contributed by atoms with E-state index in [0.29, 0.717) is 35.3 Å². The number of ether oxygens (including phenoxy) is 4. The average Bonchev–Trinajstić information content (AvgIpc) is 2.75. The van der Waals surface area contributed by atoms with Crippen LogP contribution in [0.25, 0.3) is 6.08 Å². The number of rotatable bonds is 9. The van der Waals surface area contributed by atoms with Crippen molar-refractivity contribution in [3.8, 4) is 17.2 Å². The Hall–Kier alpha value is -2.70. The van der Waals surface area contributed by atoms with Crippen LogP contribution in [-0.2, 0) is 14.3 Å². The first-order chi connectivity index (χ1) is 14.0. The SMILES string of the molecule is COc1cc(/C=C/C(=O)O[C@@H](C)C(=O)NCC2CCCCC2)cc(OC)c1OC. The fourth-order valence-corrected chi connectivity index (χ4v) is 3.41. The maximum Gasteiger partial charge on any atom is 0.331 e. The number of amides is 1. The molecule has 1 amide bonds. The van der Waals surface area contributed by atoms with Gasteiger partial charge in [-0.3, -0.25) is 4.79 Å². The third-order valence-electron chi connectivity index (χ3n) is 5.05. The summed E-state index contributed by atoms with van der Waals surface area (Å²) in [5.41, 5.74) is 0.672. The van der Waals surface area contributed by atoms with Crippen LogP contribution in [0.1, 0.15) is 44.6 Å². The van der Waals surface area contributed by atoms with Gasteiger partial charge < -0.3 is 24.3 Å². The lowest BCUT2D eigenvalue weighted by Gasteiger charge is -2.22. The van der Waals surface area contributed by atoms with Crippen LogP contribution >= 0.6 is 0 Å². The van der Waals surface area contributed by atoms with Gasteiger partial charge in [-0.15, -0.1) is 0 Å². The molecule has 0 aromatic heterocycles. The Bertz CT molecular complexity index is 699. The van der Waals surface area contributed by atoms with E-state index >= 15 is 0 Å². The number of carbonyl (C=O) groups excluding carboxylic acids is 2. The summed E-state index contributed by atoms with van der Waals surface area (Å²) < 4.78 is 21.1. The van der Waals surface area contributed by atoms with E-state index in [4.69, 9.17) is 18.9 Å². The minimum absolute atomic E-state index is 0.273. The molecule has 1 N–H and O–H groups in total. The summed E-state index contributed by atoms with van der Waals surface area (Å²) in [5, 5.41) is 2.89. The molecule has 1 saturated carbocycles. The standard InChI is InChI=1S/C22H31NO6/c1-15(22(25)23-14-16-8-6-5-7-9-16)29-20(24)11-10-17-12-18(26-2)21(28-4)19(13-17)27-3/h10-13,15-16H,5-9,14H2,1-4H3,(H,23,25)/b11-10+/t15-/m0/s1. The summed E-state index contributed by atoms with van der Waals surface area (Å²) >= 11 is 0. The average molecular weight is 405 g/mol. The normalized spacial score (nSPS) is 15.6. The van der Waals surface area contributed by atoms with E-state index in [-0.39, 0.29) is 5.91 Å². The van der Waals surface area contributed by atoms with Gasteiger partial charge in [-0.05, 0) is 49.5 Å². The Morgan fingerprint density at radius 1 is 1.07 bits per heavy atom. The van der Waals surface area contributed by atoms with Crippen molar-refractivity contribution in [1.82, 2.24) is 5.32 Å². The largest absolute Gasteiger partial charge is 0.493 e. The minimum Gasteiger partial charge on any atom is -0.493 e. The van der Waals surface area contributed by atoms with Gasteiger partial charge in [0.15, 0.2) is 17.6 Å². The molecule has 29 heavy (non-hydrogen) atoms. The van der Waals surface area contributed by atoms with Crippen LogP contribution in [0.3, 0.4) is 0 Å². The van der Waals surface area contributed by atoms with Gasteiger partial charge in [-0.25, -0.2) is 4.79 Å². The van der Waals surface area contributed by atoms with E-state index < -0.39 is 12.1 Å². The molecule has 1 aromatic carbocycles. The van der Waals surface area contributed by atoms with Crippen molar-refractivity contribution in [2.24, 2.45) is 5.92 Å². The Labute approximate surface area is 172 Å². The van der Waals surface area contributed by atoms with Gasteiger partial charge in [0.05, 0.1) is 21.3 Å². The van der Waals surface area contributed by atoms with Crippen LogP contribution in [0.2, 0.25) is 0 Å². The van der Waals surface area contributed by atoms with Crippen molar-refractivity contribution in [2.45, 2.75) is 45.1 Å². The highest BCUT2D eigenvalue weighted by atomic mass is 16.5. The first-order valence-corrected chi connectivity index (χ1v) is 9.94. The molecule has 0 radical (unpaired) electrons. The highest BCUT2D eigenvalue weighted by molar-refractivity contribution is 5.90. The number of esters is 1. The highest BCUT2D eigenvalue weighted by Gasteiger charge is 2.19. The molecule has 1 aliphatic carbocycles. The molecule has 2 rings (SSSR count). The number of methoxy groups -OCH3 is 3. The first kappa shape index (κ1) is 22.6. The zero-order chi connectivity index (χ0) is 21.2. The summed E-state index contributed by atoms with van der Waals surface area (Å²) in [4.78, 5) is 24.3. The fraction of sp³-hybridized carbons (Fsp3) is 0.545. The number of hydrogen-bond acceptors (Lipinski definition) is 6. The molecule has 1 fully saturated rings. The molecule has 7 nitrogen and oxygen atoms in total. The Balaban J connectivity index is 1.90. The van der Waals surface area contributed by atoms with Crippen LogP contribution in [0.4, 0.5) is 0 Å². The second-order valence-corrected chi connectivity index (χ2v) is 7.12. The number of carbonyl (C=O) groups is 2. The lowest BCUT2D eigenvalue weighted by molar-refractivity contribution is -0.150. The molecule has 1 aliphatic rings. The lowest BCUT2D eigenvalue weighted by Crippen LogP contribution is -2.38. The van der Waals surface area contributed by atoms with Crippen LogP contribution < -0.4 is 19.5 Å². The topological polar surface area (TPSA) is 83.1 Å². The molecular weight excluding hydrogens is 374 g/mol. The molecule has 7 heteroatoms. The molecule has 0 unspecified atom stereocenters. The van der Waals surface area contributed by atoms with Gasteiger partial charge in [0.25, 0.3) is 5.91 Å². The maximum absolute atomic E-state index is 12.2. The molecule has 160 valence electrons. The minimum atomic E-state index is -0.851. The van der Waals surface area contributed by atoms with Gasteiger partial charge in [0.2, 0.25) is 5.75 Å². The molecule has 0 saturated heterocycles. The van der Waals surface area contributed by atoms with E-state index in [1.165, 1.54) is 46.7 Å². The van der Waals surface area contributed by atoms with Crippen LogP contribution in [0.15, 0.2) is 18.2 Å². The first-order valence-electron chi connectivity index (χ1n) is 9.94. The summed E-state index contributed by atoms with van der Waals surface area (Å²) in [6.45, 7) is 2.21. The van der Waals surface area contributed by atoms with Crippen LogP contribution in [0.5, 0.6) is 17.2 Å². The number of nitrogens with one attached hydrogen (secondary N) is 1. The van der Waals surface area contributed by atoms with Gasteiger partial charge >= 0.3 is 5.97 Å². The molecule has 0 spiro atoms. The van der Waals surface area contributed by atoms with E-state index in [2.05, 4.69) is 5.32 Å². The quantitative estimate of drug-likeness (QED) is 0.501. The van der Waals surface area contributed by atoms with Crippen molar-refractivity contribution in [2.75, 3.05) is 27.9 Å². The Morgan fingerprint density at radius 3 is 2.24 bits per heavy atom. The molecular formula is C22H31NO6. The summed E-state index contributed by atoms with van der Waals surface area (Å²) in [6, 6.07) is 3.43. The fourth-order valence-electron chi connectivity index (χ4n) is 3.41. The van der Waals surface area contributed by atoms with Crippen molar-refractivity contribution in [3.05, 3.63) is 23.8 Å². The zero-order valence-electron chi connectivity index (χ0n) is 17.7. The summed E-state index contributed by atoms with van der Waals surface area (Å²) in [5.74, 6) is 1.09. The van der Waals surface area contributed by atoms with Gasteiger partial charge in [0.1, 0.15) is 0 Å². The van der Waals surface area contributed by atoms with Crippen molar-refractivity contribution in [3.63, 3.8) is 0 Å². The van der Waals surface area contributed by atoms with E-state index in [1.54, 1.807) is 25.1 Å². The third kappa shape index (κ3) is 6.69. The van der Waals surface area contributed by atoms with E-state index in [9.17, 15) is 9.59 Å². The summed E-state index contributed by atoms with van der Waals surface area (Å²) in [6.07, 6.45) is 7.99. The van der Waals surface area contributed by atoms with Crippen molar-refractivity contribution < 1.29 is 28.5 Å². The highest BCUT2D eigenvalue weighted by Crippen LogP contribution is 2.38. The monoisotopic (exact) mass is 405 g/mol. The second kappa shape index (κ2) is 11.3. The summed E-state index contributed by atoms with van der Waals surface area (Å²) in [7, 11) is 4.56. The predicted molar refractivity (Wildman–Crippen MR) is 110 cm³/mol. The van der Waals surface area contributed by atoms with Gasteiger partial charge in [0, 0.05) is 12.6 Å².